The Kier molecular flexibility index (Phi) is 10.4. The molecule has 2 aliphatic carbocycles. The number of hydrogen-bond acceptors (Lipinski definition) is 5. The zero-order valence-corrected chi connectivity index (χ0v) is 21.2. The van der Waals surface area contributed by atoms with Crippen LogP contribution in [0.2, 0.25) is 0 Å². The highest BCUT2D eigenvalue weighted by atomic mass is 19.1. The number of nitrogens with one attached hydrogen (secondary N) is 3. The summed E-state index contributed by atoms with van der Waals surface area (Å²) in [6.07, 6.45) is 10.2. The van der Waals surface area contributed by atoms with Gasteiger partial charge in [-0.15, -0.1) is 0 Å². The van der Waals surface area contributed by atoms with Crippen LogP contribution < -0.4 is 16.0 Å². The standard InChI is InChI=1S/C29H40FN3O3/c30-26-19-25(29(34)31-15-16-35-17-18-36-21-22-9-3-1-4-10-22)27(32-23-13-7-8-14-23)20-28(26)33-24-11-5-2-6-12-24/h1,3-4,9-10,19-20,23-24,32-33H,2,5-8,11-18,21H2,(H,31,34). The lowest BCUT2D eigenvalue weighted by atomic mass is 9.95. The van der Waals surface area contributed by atoms with Gasteiger partial charge in [-0.2, -0.15) is 0 Å². The largest absolute Gasteiger partial charge is 0.382 e. The number of hydrogen-bond donors (Lipinski definition) is 3. The lowest BCUT2D eigenvalue weighted by molar-refractivity contribution is 0.0412. The number of halogens is 1. The molecule has 0 radical (unpaired) electrons. The Hall–Kier alpha value is -2.64. The molecule has 2 aliphatic rings. The summed E-state index contributed by atoms with van der Waals surface area (Å²) >= 11 is 0. The summed E-state index contributed by atoms with van der Waals surface area (Å²) in [5.41, 5.74) is 2.66. The molecule has 2 saturated carbocycles. The van der Waals surface area contributed by atoms with Crippen molar-refractivity contribution in [2.45, 2.75) is 76.5 Å². The van der Waals surface area contributed by atoms with Crippen molar-refractivity contribution in [1.82, 2.24) is 5.32 Å². The fourth-order valence-corrected chi connectivity index (χ4v) is 5.06. The molecule has 0 aliphatic heterocycles. The third kappa shape index (κ3) is 8.20. The highest BCUT2D eigenvalue weighted by molar-refractivity contribution is 6.00. The van der Waals surface area contributed by atoms with Crippen molar-refractivity contribution >= 4 is 17.3 Å². The summed E-state index contributed by atoms with van der Waals surface area (Å²) in [6.45, 7) is 2.21. The van der Waals surface area contributed by atoms with E-state index in [9.17, 15) is 4.79 Å². The number of anilines is 2. The maximum atomic E-state index is 15.0. The van der Waals surface area contributed by atoms with E-state index in [2.05, 4.69) is 16.0 Å². The zero-order valence-electron chi connectivity index (χ0n) is 21.2. The minimum absolute atomic E-state index is 0.289. The first-order valence-corrected chi connectivity index (χ1v) is 13.5. The van der Waals surface area contributed by atoms with Crippen molar-refractivity contribution in [3.8, 4) is 0 Å². The van der Waals surface area contributed by atoms with Crippen LogP contribution in [-0.4, -0.2) is 44.4 Å². The molecule has 7 heteroatoms. The minimum atomic E-state index is -0.380. The van der Waals surface area contributed by atoms with Gasteiger partial charge in [0.15, 0.2) is 0 Å². The molecule has 0 bridgehead atoms. The average molecular weight is 498 g/mol. The van der Waals surface area contributed by atoms with E-state index in [0.29, 0.717) is 62.0 Å². The van der Waals surface area contributed by atoms with Crippen LogP contribution in [0, 0.1) is 5.82 Å². The topological polar surface area (TPSA) is 71.6 Å². The Morgan fingerprint density at radius 2 is 1.44 bits per heavy atom. The van der Waals surface area contributed by atoms with Crippen LogP contribution in [0.5, 0.6) is 0 Å². The lowest BCUT2D eigenvalue weighted by Crippen LogP contribution is -2.29. The van der Waals surface area contributed by atoms with Gasteiger partial charge in [0, 0.05) is 24.3 Å². The molecule has 2 aromatic rings. The fourth-order valence-electron chi connectivity index (χ4n) is 5.06. The molecule has 6 nitrogen and oxygen atoms in total. The van der Waals surface area contributed by atoms with Crippen molar-refractivity contribution in [2.75, 3.05) is 37.0 Å². The molecule has 0 aromatic heterocycles. The van der Waals surface area contributed by atoms with E-state index in [1.165, 1.54) is 38.2 Å². The molecule has 2 aromatic carbocycles. The Morgan fingerprint density at radius 1 is 0.806 bits per heavy atom. The smallest absolute Gasteiger partial charge is 0.253 e. The zero-order chi connectivity index (χ0) is 25.0. The number of benzene rings is 2. The first kappa shape index (κ1) is 26.4. The molecule has 0 unspecified atom stereocenters. The van der Waals surface area contributed by atoms with Crippen molar-refractivity contribution in [3.05, 3.63) is 59.4 Å². The van der Waals surface area contributed by atoms with E-state index in [1.807, 2.05) is 30.3 Å². The Balaban J connectivity index is 1.26. The van der Waals surface area contributed by atoms with Crippen molar-refractivity contribution in [3.63, 3.8) is 0 Å². The maximum Gasteiger partial charge on any atom is 0.253 e. The maximum absolute atomic E-state index is 15.0. The van der Waals surface area contributed by atoms with Crippen molar-refractivity contribution in [2.24, 2.45) is 0 Å². The summed E-state index contributed by atoms with van der Waals surface area (Å²) in [5.74, 6) is -0.669. The van der Waals surface area contributed by atoms with Crippen LogP contribution in [-0.2, 0) is 16.1 Å². The molecule has 2 fully saturated rings. The summed E-state index contributed by atoms with van der Waals surface area (Å²) in [4.78, 5) is 13.0. The first-order valence-electron chi connectivity index (χ1n) is 13.5. The summed E-state index contributed by atoms with van der Waals surface area (Å²) < 4.78 is 26.2. The molecule has 36 heavy (non-hydrogen) atoms. The SMILES string of the molecule is O=C(NCCOCCOCc1ccccc1)c1cc(F)c(NC2CCCCC2)cc1NC1CCCC1. The van der Waals surface area contributed by atoms with Gasteiger partial charge in [-0.3, -0.25) is 4.79 Å². The minimum Gasteiger partial charge on any atom is -0.382 e. The Morgan fingerprint density at radius 3 is 2.17 bits per heavy atom. The quantitative estimate of drug-likeness (QED) is 0.301. The monoisotopic (exact) mass is 497 g/mol. The average Bonchev–Trinajstić information content (AvgIpc) is 3.41. The second-order valence-electron chi connectivity index (χ2n) is 9.89. The second kappa shape index (κ2) is 14.2. The molecule has 0 atom stereocenters. The van der Waals surface area contributed by atoms with E-state index >= 15 is 4.39 Å². The van der Waals surface area contributed by atoms with Gasteiger partial charge >= 0.3 is 0 Å². The summed E-state index contributed by atoms with van der Waals surface area (Å²) in [7, 11) is 0. The predicted molar refractivity (Wildman–Crippen MR) is 142 cm³/mol. The summed E-state index contributed by atoms with van der Waals surface area (Å²) in [5, 5.41) is 9.78. The molecule has 1 amide bonds. The van der Waals surface area contributed by atoms with E-state index in [0.717, 1.165) is 31.2 Å². The number of carbonyl (C=O) groups excluding carboxylic acids is 1. The van der Waals surface area contributed by atoms with Crippen LogP contribution in [0.3, 0.4) is 0 Å². The van der Waals surface area contributed by atoms with Crippen LogP contribution in [0.15, 0.2) is 42.5 Å². The number of ether oxygens (including phenoxy) is 2. The van der Waals surface area contributed by atoms with Crippen LogP contribution in [0.25, 0.3) is 0 Å². The van der Waals surface area contributed by atoms with Gasteiger partial charge in [0.2, 0.25) is 0 Å². The number of carbonyl (C=O) groups is 1. The van der Waals surface area contributed by atoms with Crippen LogP contribution in [0.1, 0.15) is 73.7 Å². The van der Waals surface area contributed by atoms with E-state index in [4.69, 9.17) is 9.47 Å². The van der Waals surface area contributed by atoms with Gasteiger partial charge in [-0.25, -0.2) is 4.39 Å². The first-order chi connectivity index (χ1) is 17.7. The lowest BCUT2D eigenvalue weighted by Gasteiger charge is -2.25. The van der Waals surface area contributed by atoms with E-state index in [-0.39, 0.29) is 11.7 Å². The summed E-state index contributed by atoms with van der Waals surface area (Å²) in [6, 6.07) is 13.8. The number of amides is 1. The molecule has 0 heterocycles. The highest BCUT2D eigenvalue weighted by Gasteiger charge is 2.22. The van der Waals surface area contributed by atoms with E-state index < -0.39 is 0 Å². The van der Waals surface area contributed by atoms with Gasteiger partial charge in [-0.1, -0.05) is 62.4 Å². The second-order valence-corrected chi connectivity index (χ2v) is 9.89. The fraction of sp³-hybridized carbons (Fsp3) is 0.552. The molecule has 0 saturated heterocycles. The van der Waals surface area contributed by atoms with Crippen LogP contribution in [0.4, 0.5) is 15.8 Å². The Labute approximate surface area is 214 Å². The third-order valence-corrected chi connectivity index (χ3v) is 7.05. The van der Waals surface area contributed by atoms with Gasteiger partial charge in [-0.05, 0) is 43.4 Å². The van der Waals surface area contributed by atoms with Gasteiger partial charge in [0.25, 0.3) is 5.91 Å². The molecule has 4 rings (SSSR count). The van der Waals surface area contributed by atoms with E-state index in [1.54, 1.807) is 6.07 Å². The molecular formula is C29H40FN3O3. The van der Waals surface area contributed by atoms with Gasteiger partial charge in [0.05, 0.1) is 37.7 Å². The third-order valence-electron chi connectivity index (χ3n) is 7.05. The van der Waals surface area contributed by atoms with Crippen LogP contribution >= 0.6 is 0 Å². The predicted octanol–water partition coefficient (Wildman–Crippen LogP) is 5.89. The normalized spacial score (nSPS) is 16.7. The number of rotatable bonds is 13. The van der Waals surface area contributed by atoms with Gasteiger partial charge < -0.3 is 25.4 Å². The molecule has 196 valence electrons. The highest BCUT2D eigenvalue weighted by Crippen LogP contribution is 2.31. The molecule has 0 spiro atoms. The Bertz CT molecular complexity index is 944. The molecule has 3 N–H and O–H groups in total. The van der Waals surface area contributed by atoms with Crippen molar-refractivity contribution < 1.29 is 18.7 Å². The van der Waals surface area contributed by atoms with Crippen molar-refractivity contribution in [1.29, 1.82) is 0 Å². The van der Waals surface area contributed by atoms with Gasteiger partial charge in [0.1, 0.15) is 5.82 Å². The molecular weight excluding hydrogens is 457 g/mol.